The van der Waals surface area contributed by atoms with Crippen LogP contribution in [0.3, 0.4) is 0 Å². The first-order valence-corrected chi connectivity index (χ1v) is 8.51. The number of amides is 1. The number of hydrogen-bond acceptors (Lipinski definition) is 6. The maximum atomic E-state index is 11.9. The Morgan fingerprint density at radius 3 is 2.96 bits per heavy atom. The second-order valence-corrected chi connectivity index (χ2v) is 6.30. The largest absolute Gasteiger partial charge is 0.316 e. The number of aromatic nitrogens is 3. The monoisotopic (exact) mass is 341 g/mol. The highest BCUT2D eigenvalue weighted by Crippen LogP contribution is 2.23. The summed E-state index contributed by atoms with van der Waals surface area (Å²) >= 11 is 2.56. The summed E-state index contributed by atoms with van der Waals surface area (Å²) < 4.78 is 0. The van der Waals surface area contributed by atoms with Crippen molar-refractivity contribution in [2.75, 3.05) is 11.1 Å². The van der Waals surface area contributed by atoms with Gasteiger partial charge in [0.1, 0.15) is 11.1 Å². The fraction of sp³-hybridized carbons (Fsp3) is 0.0667. The highest BCUT2D eigenvalue weighted by atomic mass is 32.2. The van der Waals surface area contributed by atoms with Crippen LogP contribution in [-0.2, 0) is 4.79 Å². The SMILES string of the molecule is N#Cc1ccsc1NC(=O)CSc1n[nH]c(-c2ccccc2)n1. The average Bonchev–Trinajstić information content (AvgIpc) is 3.23. The number of anilines is 1. The molecule has 0 spiro atoms. The van der Waals surface area contributed by atoms with Gasteiger partial charge in [-0.1, -0.05) is 42.1 Å². The molecule has 2 aromatic heterocycles. The van der Waals surface area contributed by atoms with Crippen LogP contribution in [0.5, 0.6) is 0 Å². The second-order valence-electron chi connectivity index (χ2n) is 4.44. The first-order chi connectivity index (χ1) is 11.3. The van der Waals surface area contributed by atoms with Gasteiger partial charge in [0.25, 0.3) is 0 Å². The van der Waals surface area contributed by atoms with E-state index in [-0.39, 0.29) is 11.7 Å². The Labute approximate surface area is 140 Å². The van der Waals surface area contributed by atoms with Crippen molar-refractivity contribution in [1.82, 2.24) is 15.2 Å². The zero-order chi connectivity index (χ0) is 16.1. The number of hydrogen-bond donors (Lipinski definition) is 2. The van der Waals surface area contributed by atoms with Crippen LogP contribution >= 0.6 is 23.1 Å². The summed E-state index contributed by atoms with van der Waals surface area (Å²) in [4.78, 5) is 16.3. The molecule has 0 aliphatic rings. The Hall–Kier alpha value is -2.63. The van der Waals surface area contributed by atoms with Gasteiger partial charge in [0.05, 0.1) is 11.3 Å². The molecule has 2 N–H and O–H groups in total. The molecule has 1 amide bonds. The fourth-order valence-corrected chi connectivity index (χ4v) is 3.18. The van der Waals surface area contributed by atoms with Gasteiger partial charge in [-0.25, -0.2) is 4.98 Å². The van der Waals surface area contributed by atoms with Crippen LogP contribution in [0.15, 0.2) is 46.9 Å². The molecule has 0 saturated carbocycles. The summed E-state index contributed by atoms with van der Waals surface area (Å²) in [5.74, 6) is 0.646. The lowest BCUT2D eigenvalue weighted by Crippen LogP contribution is -2.13. The number of nitrogens with one attached hydrogen (secondary N) is 2. The summed E-state index contributed by atoms with van der Waals surface area (Å²) in [6.45, 7) is 0. The fourth-order valence-electron chi connectivity index (χ4n) is 1.82. The number of rotatable bonds is 5. The van der Waals surface area contributed by atoms with Crippen LogP contribution in [-0.4, -0.2) is 26.8 Å². The zero-order valence-electron chi connectivity index (χ0n) is 11.8. The second kappa shape index (κ2) is 7.09. The smallest absolute Gasteiger partial charge is 0.235 e. The first-order valence-electron chi connectivity index (χ1n) is 6.64. The summed E-state index contributed by atoms with van der Waals surface area (Å²) in [7, 11) is 0. The summed E-state index contributed by atoms with van der Waals surface area (Å²) in [5, 5.41) is 21.4. The van der Waals surface area contributed by atoms with Crippen LogP contribution in [0.4, 0.5) is 5.00 Å². The molecule has 0 unspecified atom stereocenters. The van der Waals surface area contributed by atoms with Crippen molar-refractivity contribution in [2.24, 2.45) is 0 Å². The quantitative estimate of drug-likeness (QED) is 0.695. The molecule has 6 nitrogen and oxygen atoms in total. The van der Waals surface area contributed by atoms with Gasteiger partial charge in [0, 0.05) is 5.56 Å². The number of aromatic amines is 1. The van der Waals surface area contributed by atoms with E-state index in [2.05, 4.69) is 20.5 Å². The number of H-pyrrole nitrogens is 1. The maximum absolute atomic E-state index is 11.9. The lowest BCUT2D eigenvalue weighted by molar-refractivity contribution is -0.113. The van der Waals surface area contributed by atoms with E-state index in [9.17, 15) is 4.79 Å². The zero-order valence-corrected chi connectivity index (χ0v) is 13.4. The molecule has 8 heteroatoms. The molecule has 3 rings (SSSR count). The van der Waals surface area contributed by atoms with Gasteiger partial charge in [-0.15, -0.1) is 16.4 Å². The van der Waals surface area contributed by atoms with Gasteiger partial charge in [-0.2, -0.15) is 5.26 Å². The standard InChI is InChI=1S/C15H11N5OS2/c16-8-11-6-7-22-14(11)17-12(21)9-23-15-18-13(19-20-15)10-4-2-1-3-5-10/h1-7H,9H2,(H,17,21)(H,18,19,20). The summed E-state index contributed by atoms with van der Waals surface area (Å²) in [5.41, 5.74) is 1.41. The number of benzene rings is 1. The van der Waals surface area contributed by atoms with Gasteiger partial charge in [-0.05, 0) is 11.4 Å². The Morgan fingerprint density at radius 1 is 1.35 bits per heavy atom. The van der Waals surface area contributed by atoms with Gasteiger partial charge < -0.3 is 5.32 Å². The Balaban J connectivity index is 1.58. The minimum Gasteiger partial charge on any atom is -0.316 e. The van der Waals surface area contributed by atoms with E-state index in [0.717, 1.165) is 5.56 Å². The lowest BCUT2D eigenvalue weighted by atomic mass is 10.2. The van der Waals surface area contributed by atoms with E-state index < -0.39 is 0 Å². The molecule has 23 heavy (non-hydrogen) atoms. The molecular formula is C15H11N5OS2. The summed E-state index contributed by atoms with van der Waals surface area (Å²) in [6.07, 6.45) is 0. The molecule has 0 aliphatic carbocycles. The molecular weight excluding hydrogens is 330 g/mol. The molecule has 114 valence electrons. The third kappa shape index (κ3) is 3.77. The average molecular weight is 341 g/mol. The Morgan fingerprint density at radius 2 is 2.17 bits per heavy atom. The topological polar surface area (TPSA) is 94.5 Å². The van der Waals surface area contributed by atoms with Crippen LogP contribution in [0, 0.1) is 11.3 Å². The molecule has 0 fully saturated rings. The highest BCUT2D eigenvalue weighted by Gasteiger charge is 2.11. The number of carbonyl (C=O) groups is 1. The minimum atomic E-state index is -0.194. The van der Waals surface area contributed by atoms with E-state index >= 15 is 0 Å². The van der Waals surface area contributed by atoms with Crippen LogP contribution in [0.2, 0.25) is 0 Å². The molecule has 0 aliphatic heterocycles. The van der Waals surface area contributed by atoms with E-state index in [1.165, 1.54) is 23.1 Å². The minimum absolute atomic E-state index is 0.175. The number of thioether (sulfide) groups is 1. The van der Waals surface area contributed by atoms with Crippen molar-refractivity contribution in [1.29, 1.82) is 5.26 Å². The third-order valence-electron chi connectivity index (χ3n) is 2.88. The van der Waals surface area contributed by atoms with Gasteiger partial charge in [0.15, 0.2) is 5.82 Å². The van der Waals surface area contributed by atoms with Crippen molar-refractivity contribution >= 4 is 34.0 Å². The molecule has 0 saturated heterocycles. The number of thiophene rings is 1. The van der Waals surface area contributed by atoms with Crippen LogP contribution < -0.4 is 5.32 Å². The molecule has 3 aromatic rings. The van der Waals surface area contributed by atoms with E-state index in [1.54, 1.807) is 11.4 Å². The normalized spacial score (nSPS) is 10.2. The molecule has 0 atom stereocenters. The predicted octanol–water partition coefficient (Wildman–Crippen LogP) is 3.14. The predicted molar refractivity (Wildman–Crippen MR) is 90.2 cm³/mol. The van der Waals surface area contributed by atoms with Gasteiger partial charge in [-0.3, -0.25) is 9.89 Å². The number of nitrogens with zero attached hydrogens (tertiary/aromatic N) is 3. The van der Waals surface area contributed by atoms with Crippen molar-refractivity contribution in [3.8, 4) is 17.5 Å². The van der Waals surface area contributed by atoms with E-state index in [0.29, 0.717) is 21.5 Å². The third-order valence-corrected chi connectivity index (χ3v) is 4.56. The Bertz CT molecular complexity index is 850. The van der Waals surface area contributed by atoms with Crippen molar-refractivity contribution in [3.63, 3.8) is 0 Å². The van der Waals surface area contributed by atoms with Gasteiger partial charge >= 0.3 is 0 Å². The van der Waals surface area contributed by atoms with Gasteiger partial charge in [0.2, 0.25) is 11.1 Å². The number of carbonyl (C=O) groups excluding carboxylic acids is 1. The van der Waals surface area contributed by atoms with E-state index in [1.807, 2.05) is 36.4 Å². The maximum Gasteiger partial charge on any atom is 0.235 e. The van der Waals surface area contributed by atoms with Crippen LogP contribution in [0.25, 0.3) is 11.4 Å². The van der Waals surface area contributed by atoms with Crippen molar-refractivity contribution < 1.29 is 4.79 Å². The van der Waals surface area contributed by atoms with E-state index in [4.69, 9.17) is 5.26 Å². The lowest BCUT2D eigenvalue weighted by Gasteiger charge is -2.01. The van der Waals surface area contributed by atoms with Crippen LogP contribution in [0.1, 0.15) is 5.56 Å². The molecule has 2 heterocycles. The molecule has 0 radical (unpaired) electrons. The van der Waals surface area contributed by atoms with Crippen molar-refractivity contribution in [3.05, 3.63) is 47.3 Å². The highest BCUT2D eigenvalue weighted by molar-refractivity contribution is 7.99. The molecule has 0 bridgehead atoms. The Kier molecular flexibility index (Phi) is 4.71. The molecule has 1 aromatic carbocycles. The summed E-state index contributed by atoms with van der Waals surface area (Å²) in [6, 6.07) is 13.4. The van der Waals surface area contributed by atoms with Crippen molar-refractivity contribution in [2.45, 2.75) is 5.16 Å². The number of nitriles is 1. The first kappa shape index (κ1) is 15.3.